The van der Waals surface area contributed by atoms with Gasteiger partial charge in [-0.1, -0.05) is 0 Å². The fourth-order valence-electron chi connectivity index (χ4n) is 5.38. The lowest BCUT2D eigenvalue weighted by Gasteiger charge is -2.28. The fraction of sp³-hybridized carbons (Fsp3) is 0.500. The van der Waals surface area contributed by atoms with E-state index < -0.39 is 77.8 Å². The highest BCUT2D eigenvalue weighted by atomic mass is 31.2. The molecular formula is C20H26N12O10P2. The summed E-state index contributed by atoms with van der Waals surface area (Å²) in [7, 11) is -9.76. The summed E-state index contributed by atoms with van der Waals surface area (Å²) in [6.07, 6.45) is -2.38. The number of hydrogen-bond donors (Lipinski definition) is 6. The van der Waals surface area contributed by atoms with Crippen LogP contribution in [0.25, 0.3) is 22.3 Å². The highest BCUT2D eigenvalue weighted by molar-refractivity contribution is 7.47. The number of fused-ring (bicyclic) bond motifs is 4. The van der Waals surface area contributed by atoms with Crippen LogP contribution in [0.3, 0.4) is 0 Å². The third kappa shape index (κ3) is 5.04. The Labute approximate surface area is 245 Å². The second-order valence-corrected chi connectivity index (χ2v) is 12.9. The van der Waals surface area contributed by atoms with E-state index in [2.05, 4.69) is 29.9 Å². The molecule has 4 aromatic rings. The fourth-order valence-corrected chi connectivity index (χ4v) is 7.34. The van der Waals surface area contributed by atoms with E-state index in [4.69, 9.17) is 50.5 Å². The maximum absolute atomic E-state index is 13.2. The molecule has 10 N–H and O–H groups in total. The van der Waals surface area contributed by atoms with Crippen molar-refractivity contribution in [1.82, 2.24) is 39.0 Å². The van der Waals surface area contributed by atoms with Crippen LogP contribution in [0.1, 0.15) is 12.5 Å². The molecule has 0 radical (unpaired) electrons. The van der Waals surface area contributed by atoms with Crippen molar-refractivity contribution in [3.05, 3.63) is 25.3 Å². The van der Waals surface area contributed by atoms with Crippen molar-refractivity contribution in [3.8, 4) is 0 Å². The van der Waals surface area contributed by atoms with Crippen LogP contribution in [-0.2, 0) is 36.7 Å². The predicted molar refractivity (Wildman–Crippen MR) is 145 cm³/mol. The Kier molecular flexibility index (Phi) is 7.16. The van der Waals surface area contributed by atoms with E-state index >= 15 is 0 Å². The van der Waals surface area contributed by atoms with Gasteiger partial charge in [0.1, 0.15) is 48.1 Å². The Balaban J connectivity index is 1.17. The van der Waals surface area contributed by atoms with E-state index in [0.29, 0.717) is 0 Å². The van der Waals surface area contributed by atoms with E-state index in [-0.39, 0.29) is 34.0 Å². The molecule has 0 bridgehead atoms. The zero-order valence-corrected chi connectivity index (χ0v) is 24.1. The van der Waals surface area contributed by atoms with Crippen LogP contribution in [0.2, 0.25) is 0 Å². The third-order valence-electron chi connectivity index (χ3n) is 7.41. The van der Waals surface area contributed by atoms with Gasteiger partial charge in [0, 0.05) is 0 Å². The summed E-state index contributed by atoms with van der Waals surface area (Å²) in [6.45, 7) is -1.32. The van der Waals surface area contributed by atoms with Gasteiger partial charge >= 0.3 is 15.6 Å². The molecule has 0 aliphatic carbocycles. The Morgan fingerprint density at radius 1 is 0.705 bits per heavy atom. The molecule has 10 atom stereocenters. The minimum absolute atomic E-state index is 0.102. The molecule has 7 heterocycles. The van der Waals surface area contributed by atoms with Gasteiger partial charge in [-0.15, -0.1) is 0 Å². The molecule has 3 saturated heterocycles. The first kappa shape index (κ1) is 29.5. The summed E-state index contributed by atoms with van der Waals surface area (Å²) in [4.78, 5) is 45.8. The van der Waals surface area contributed by atoms with Crippen molar-refractivity contribution in [2.24, 2.45) is 11.5 Å². The van der Waals surface area contributed by atoms with Crippen molar-refractivity contribution < 1.29 is 46.5 Å². The number of nitrogens with two attached hydrogens (primary N) is 4. The van der Waals surface area contributed by atoms with Crippen LogP contribution in [0, 0.1) is 0 Å². The van der Waals surface area contributed by atoms with Crippen molar-refractivity contribution in [1.29, 1.82) is 0 Å². The highest BCUT2D eigenvalue weighted by Crippen LogP contribution is 2.53. The predicted octanol–water partition coefficient (Wildman–Crippen LogP) is -1.70. The topological polar surface area (TPSA) is 321 Å². The highest BCUT2D eigenvalue weighted by Gasteiger charge is 2.53. The molecule has 22 nitrogen and oxygen atoms in total. The number of ether oxygens (including phenoxy) is 2. The van der Waals surface area contributed by atoms with E-state index in [1.54, 1.807) is 0 Å². The summed E-state index contributed by atoms with van der Waals surface area (Å²) < 4.78 is 62.5. The van der Waals surface area contributed by atoms with E-state index in [1.165, 1.54) is 34.4 Å². The van der Waals surface area contributed by atoms with Gasteiger partial charge in [-0.05, 0) is 0 Å². The molecule has 236 valence electrons. The number of nitrogens with zero attached hydrogens (tertiary/aromatic N) is 8. The molecule has 0 aromatic carbocycles. The quantitative estimate of drug-likeness (QED) is 0.131. The molecule has 3 aliphatic heterocycles. The normalized spacial score (nSPS) is 38.3. The molecule has 0 amide bonds. The first-order chi connectivity index (χ1) is 20.9. The number of phosphoric ester groups is 2. The molecule has 7 rings (SSSR count). The van der Waals surface area contributed by atoms with E-state index in [0.717, 1.165) is 0 Å². The lowest BCUT2D eigenvalue weighted by Crippen LogP contribution is -2.43. The zero-order valence-electron chi connectivity index (χ0n) is 22.3. The van der Waals surface area contributed by atoms with Crippen LogP contribution in [0.4, 0.5) is 11.6 Å². The summed E-state index contributed by atoms with van der Waals surface area (Å²) in [6, 6.07) is -2.30. The lowest BCUT2D eigenvalue weighted by atomic mass is 10.1. The molecule has 3 fully saturated rings. The van der Waals surface area contributed by atoms with Gasteiger partial charge in [-0.2, -0.15) is 0 Å². The molecule has 0 saturated carbocycles. The molecule has 44 heavy (non-hydrogen) atoms. The minimum atomic E-state index is -4.88. The van der Waals surface area contributed by atoms with Crippen molar-refractivity contribution in [3.63, 3.8) is 0 Å². The second kappa shape index (κ2) is 10.7. The van der Waals surface area contributed by atoms with Crippen LogP contribution >= 0.6 is 15.6 Å². The molecule has 0 spiro atoms. The van der Waals surface area contributed by atoms with Gasteiger partial charge in [-0.3, -0.25) is 27.2 Å². The minimum Gasteiger partial charge on any atom is -0.382 e. The molecule has 24 heteroatoms. The monoisotopic (exact) mass is 656 g/mol. The average molecular weight is 656 g/mol. The number of anilines is 2. The first-order valence-corrected chi connectivity index (χ1v) is 15.9. The second-order valence-electron chi connectivity index (χ2n) is 10.1. The van der Waals surface area contributed by atoms with Gasteiger partial charge in [-0.25, -0.2) is 39.0 Å². The first-order valence-electron chi connectivity index (χ1n) is 12.9. The smallest absolute Gasteiger partial charge is 0.382 e. The van der Waals surface area contributed by atoms with Crippen molar-refractivity contribution in [2.75, 3.05) is 24.7 Å². The summed E-state index contributed by atoms with van der Waals surface area (Å²) in [5.74, 6) is 0.203. The average Bonchev–Trinajstić information content (AvgIpc) is 3.73. The Bertz CT molecular complexity index is 1690. The lowest BCUT2D eigenvalue weighted by molar-refractivity contribution is -0.0661. The largest absolute Gasteiger partial charge is 0.472 e. The van der Waals surface area contributed by atoms with E-state index in [9.17, 15) is 18.9 Å². The van der Waals surface area contributed by atoms with Crippen molar-refractivity contribution in [2.45, 2.75) is 49.0 Å². The maximum atomic E-state index is 13.2. The Hall–Kier alpha value is -3.24. The summed E-state index contributed by atoms with van der Waals surface area (Å²) >= 11 is 0. The van der Waals surface area contributed by atoms with Gasteiger partial charge in [0.25, 0.3) is 0 Å². The third-order valence-corrected chi connectivity index (χ3v) is 9.39. The molecule has 4 unspecified atom stereocenters. The molecular weight excluding hydrogens is 630 g/mol. The van der Waals surface area contributed by atoms with Gasteiger partial charge in [0.15, 0.2) is 35.4 Å². The number of imidazole rings is 2. The number of aromatic nitrogens is 8. The number of phosphoric acid groups is 2. The molecule has 4 aromatic heterocycles. The van der Waals surface area contributed by atoms with Crippen LogP contribution in [-0.4, -0.2) is 98.5 Å². The summed E-state index contributed by atoms with van der Waals surface area (Å²) in [5.41, 5.74) is 25.6. The number of rotatable bonds is 2. The van der Waals surface area contributed by atoms with E-state index in [1.807, 2.05) is 0 Å². The maximum Gasteiger partial charge on any atom is 0.472 e. The standard InChI is InChI=1S/C20H26N12O10P2/c21-9-13-7(39-19(9)31-5-29-11-15(23)25-3-27-17(11)31)1-37-43(33,34)42-14-8(2-38-44(35,36)41-13)40-20(10(14)22)32-6-30-12-16(24)26-4-28-18(12)32/h3-10,13-14,19-20H,1-2,21-22H2,(H,33,34)(H,35,36)(H2,23,25,27)(H2,24,26,28)/t7-,8-,9+,10+,13?,14?,19-,20-/m1/s1. The van der Waals surface area contributed by atoms with Gasteiger partial charge in [0.05, 0.1) is 38.0 Å². The zero-order chi connectivity index (χ0) is 31.0. The SMILES string of the molecule is Nc1ncnc2c1ncn2[C@@H]1O[C@@H]2COP(=O)(O)OC3[C@@H](COP(=O)(O)OC2[C@@H]1N)O[C@@H](n1cnc2c(N)ncnc21)[C@H]3N. The Morgan fingerprint density at radius 3 is 1.52 bits per heavy atom. The number of hydrogen-bond acceptors (Lipinski definition) is 18. The Morgan fingerprint density at radius 2 is 1.11 bits per heavy atom. The van der Waals surface area contributed by atoms with Crippen LogP contribution in [0.5, 0.6) is 0 Å². The van der Waals surface area contributed by atoms with Gasteiger partial charge in [0.2, 0.25) is 0 Å². The summed E-state index contributed by atoms with van der Waals surface area (Å²) in [5, 5.41) is 0. The van der Waals surface area contributed by atoms with Crippen molar-refractivity contribution >= 4 is 49.6 Å². The van der Waals surface area contributed by atoms with Gasteiger partial charge < -0.3 is 42.2 Å². The van der Waals surface area contributed by atoms with Crippen LogP contribution < -0.4 is 22.9 Å². The van der Waals surface area contributed by atoms with Crippen LogP contribution in [0.15, 0.2) is 25.3 Å². The number of nitrogen functional groups attached to an aromatic ring is 2. The molecule has 3 aliphatic rings.